The van der Waals surface area contributed by atoms with Gasteiger partial charge in [-0.1, -0.05) is 42.1 Å². The molecular formula is C28H24FN5O4S. The van der Waals surface area contributed by atoms with Crippen molar-refractivity contribution in [3.63, 3.8) is 0 Å². The van der Waals surface area contributed by atoms with E-state index in [2.05, 4.69) is 20.6 Å². The molecule has 2 heterocycles. The van der Waals surface area contributed by atoms with Crippen LogP contribution >= 0.6 is 11.8 Å². The second-order valence-corrected chi connectivity index (χ2v) is 9.63. The molecule has 0 fully saturated rings. The first-order chi connectivity index (χ1) is 18.9. The Balaban J connectivity index is 1.27. The van der Waals surface area contributed by atoms with E-state index in [-0.39, 0.29) is 30.5 Å². The number of hydrogen-bond acceptors (Lipinski definition) is 7. The van der Waals surface area contributed by atoms with Crippen LogP contribution in [0.25, 0.3) is 0 Å². The van der Waals surface area contributed by atoms with Crippen LogP contribution in [0.3, 0.4) is 0 Å². The Hall–Kier alpha value is -4.51. The number of amides is 3. The number of rotatable bonds is 8. The number of thioether (sulfide) groups is 1. The summed E-state index contributed by atoms with van der Waals surface area (Å²) in [5.74, 6) is -0.455. The minimum Gasteiger partial charge on any atom is -0.496 e. The Morgan fingerprint density at radius 2 is 1.77 bits per heavy atom. The predicted octanol–water partition coefficient (Wildman–Crippen LogP) is 3.87. The highest BCUT2D eigenvalue weighted by molar-refractivity contribution is 8.14. The molecule has 0 spiro atoms. The second-order valence-electron chi connectivity index (χ2n) is 8.69. The van der Waals surface area contributed by atoms with Crippen molar-refractivity contribution in [3.8, 4) is 5.75 Å². The highest BCUT2D eigenvalue weighted by atomic mass is 32.2. The quantitative estimate of drug-likeness (QED) is 0.446. The summed E-state index contributed by atoms with van der Waals surface area (Å²) in [5.41, 5.74) is 2.55. The van der Waals surface area contributed by atoms with Gasteiger partial charge >= 0.3 is 0 Å². The van der Waals surface area contributed by atoms with Crippen LogP contribution in [0.5, 0.6) is 5.75 Å². The highest BCUT2D eigenvalue weighted by Crippen LogP contribution is 2.34. The van der Waals surface area contributed by atoms with Gasteiger partial charge in [-0.15, -0.1) is 0 Å². The lowest BCUT2D eigenvalue weighted by atomic mass is 10.1. The Labute approximate surface area is 228 Å². The van der Waals surface area contributed by atoms with Gasteiger partial charge in [-0.3, -0.25) is 19.4 Å². The van der Waals surface area contributed by atoms with E-state index in [0.717, 1.165) is 17.3 Å². The average molecular weight is 546 g/mol. The first-order valence-electron chi connectivity index (χ1n) is 12.1. The standard InChI is InChI=1S/C28H24FN5O4S/c1-38-23-9-5-2-6-17(23)15-30-24(35)14-22-27(37)34-26(32-22)20-7-3-4-8-21(20)33-28(34)39-16-25(36)31-19-12-10-18(29)11-13-19/h2-13,22H,14-16H2,1H3,(H,30,35)(H,31,36)/t22-/m1/s1. The smallest absolute Gasteiger partial charge is 0.259 e. The van der Waals surface area contributed by atoms with Crippen LogP contribution in [0.1, 0.15) is 17.5 Å². The van der Waals surface area contributed by atoms with Crippen LogP contribution in [-0.2, 0) is 20.9 Å². The van der Waals surface area contributed by atoms with E-state index in [4.69, 9.17) is 4.74 Å². The molecule has 0 saturated heterocycles. The maximum absolute atomic E-state index is 13.4. The van der Waals surface area contributed by atoms with Crippen LogP contribution in [0.4, 0.5) is 15.8 Å². The molecule has 2 aliphatic heterocycles. The number of halogens is 1. The molecule has 5 rings (SSSR count). The Morgan fingerprint density at radius 3 is 2.56 bits per heavy atom. The van der Waals surface area contributed by atoms with Gasteiger partial charge in [0.05, 0.1) is 25.0 Å². The van der Waals surface area contributed by atoms with Crippen molar-refractivity contribution >= 4 is 51.9 Å². The van der Waals surface area contributed by atoms with Crippen molar-refractivity contribution in [2.24, 2.45) is 9.98 Å². The molecule has 3 aromatic carbocycles. The van der Waals surface area contributed by atoms with Gasteiger partial charge in [0.1, 0.15) is 23.4 Å². The number of nitrogens with zero attached hydrogens (tertiary/aromatic N) is 3. The zero-order valence-corrected chi connectivity index (χ0v) is 21.7. The monoisotopic (exact) mass is 545 g/mol. The number of aliphatic imine (C=N–C) groups is 2. The largest absolute Gasteiger partial charge is 0.496 e. The third-order valence-electron chi connectivity index (χ3n) is 6.06. The minimum absolute atomic E-state index is 0.0422. The van der Waals surface area contributed by atoms with Gasteiger partial charge < -0.3 is 15.4 Å². The van der Waals surface area contributed by atoms with Gasteiger partial charge in [-0.05, 0) is 42.5 Å². The summed E-state index contributed by atoms with van der Waals surface area (Å²) in [5, 5.41) is 5.82. The lowest BCUT2D eigenvalue weighted by Gasteiger charge is -2.25. The molecular weight excluding hydrogens is 521 g/mol. The summed E-state index contributed by atoms with van der Waals surface area (Å²) in [6.07, 6.45) is -0.140. The van der Waals surface area contributed by atoms with Gasteiger partial charge in [0.2, 0.25) is 11.8 Å². The molecule has 2 aliphatic rings. The topological polar surface area (TPSA) is 112 Å². The number of fused-ring (bicyclic) bond motifs is 3. The molecule has 11 heteroatoms. The lowest BCUT2D eigenvalue weighted by molar-refractivity contribution is -0.128. The van der Waals surface area contributed by atoms with Crippen LogP contribution in [0.15, 0.2) is 82.8 Å². The number of carbonyl (C=O) groups is 3. The molecule has 198 valence electrons. The third-order valence-corrected chi connectivity index (χ3v) is 6.99. The summed E-state index contributed by atoms with van der Waals surface area (Å²) in [6.45, 7) is 0.249. The fourth-order valence-electron chi connectivity index (χ4n) is 4.18. The van der Waals surface area contributed by atoms with Crippen LogP contribution in [-0.4, -0.2) is 52.5 Å². The molecule has 3 amide bonds. The molecule has 39 heavy (non-hydrogen) atoms. The van der Waals surface area contributed by atoms with Crippen molar-refractivity contribution in [2.45, 2.75) is 19.0 Å². The van der Waals surface area contributed by atoms with Crippen molar-refractivity contribution in [1.29, 1.82) is 0 Å². The van der Waals surface area contributed by atoms with Crippen molar-refractivity contribution in [2.75, 3.05) is 18.2 Å². The number of benzene rings is 3. The predicted molar refractivity (Wildman–Crippen MR) is 148 cm³/mol. The van der Waals surface area contributed by atoms with Gasteiger partial charge in [0.15, 0.2) is 5.17 Å². The van der Waals surface area contributed by atoms with E-state index in [1.165, 1.54) is 29.2 Å². The van der Waals surface area contributed by atoms with Gasteiger partial charge in [-0.2, -0.15) is 0 Å². The molecule has 2 N–H and O–H groups in total. The third kappa shape index (κ3) is 5.83. The summed E-state index contributed by atoms with van der Waals surface area (Å²) < 4.78 is 18.5. The summed E-state index contributed by atoms with van der Waals surface area (Å²) in [4.78, 5) is 49.3. The molecule has 9 nitrogen and oxygen atoms in total. The van der Waals surface area contributed by atoms with Crippen molar-refractivity contribution < 1.29 is 23.5 Å². The van der Waals surface area contributed by atoms with E-state index >= 15 is 0 Å². The molecule has 0 saturated carbocycles. The zero-order chi connectivity index (χ0) is 27.4. The molecule has 0 radical (unpaired) electrons. The van der Waals surface area contributed by atoms with E-state index in [1.54, 1.807) is 13.2 Å². The van der Waals surface area contributed by atoms with Crippen molar-refractivity contribution in [1.82, 2.24) is 10.2 Å². The number of anilines is 1. The summed E-state index contributed by atoms with van der Waals surface area (Å²) in [7, 11) is 1.56. The van der Waals surface area contributed by atoms with Gasteiger partial charge in [0, 0.05) is 23.4 Å². The molecule has 0 bridgehead atoms. The maximum atomic E-state index is 13.4. The van der Waals surface area contributed by atoms with E-state index in [9.17, 15) is 18.8 Å². The average Bonchev–Trinajstić information content (AvgIpc) is 3.28. The van der Waals surface area contributed by atoms with E-state index in [0.29, 0.717) is 33.7 Å². The van der Waals surface area contributed by atoms with Crippen LogP contribution in [0.2, 0.25) is 0 Å². The molecule has 0 aliphatic carbocycles. The normalized spacial score (nSPS) is 15.6. The lowest BCUT2D eigenvalue weighted by Crippen LogP contribution is -2.42. The zero-order valence-electron chi connectivity index (χ0n) is 20.9. The van der Waals surface area contributed by atoms with Gasteiger partial charge in [0.25, 0.3) is 5.91 Å². The van der Waals surface area contributed by atoms with Crippen molar-refractivity contribution in [3.05, 3.63) is 89.7 Å². The van der Waals surface area contributed by atoms with E-state index < -0.39 is 17.8 Å². The number of nitrogens with one attached hydrogen (secondary N) is 2. The number of methoxy groups -OCH3 is 1. The van der Waals surface area contributed by atoms with Crippen LogP contribution in [0, 0.1) is 5.82 Å². The van der Waals surface area contributed by atoms with Gasteiger partial charge in [-0.25, -0.2) is 14.3 Å². The number of ether oxygens (including phenoxy) is 1. The number of hydrogen-bond donors (Lipinski definition) is 2. The molecule has 0 aromatic heterocycles. The molecule has 3 aromatic rings. The first-order valence-corrected chi connectivity index (χ1v) is 13.1. The SMILES string of the molecule is COc1ccccc1CNC(=O)C[C@H]1N=C2c3ccccc3N=C(SCC(=O)Nc3ccc(F)cc3)N2C1=O. The van der Waals surface area contributed by atoms with E-state index in [1.807, 2.05) is 42.5 Å². The number of carbonyl (C=O) groups excluding carboxylic acids is 3. The molecule has 1 atom stereocenters. The van der Waals surface area contributed by atoms with Crippen LogP contribution < -0.4 is 15.4 Å². The molecule has 0 unspecified atom stereocenters. The minimum atomic E-state index is -0.928. The Morgan fingerprint density at radius 1 is 1.03 bits per heavy atom. The Kier molecular flexibility index (Phi) is 7.69. The Bertz CT molecular complexity index is 1490. The summed E-state index contributed by atoms with van der Waals surface area (Å²) >= 11 is 1.08. The number of para-hydroxylation sites is 2. The summed E-state index contributed by atoms with van der Waals surface area (Å²) in [6, 6.07) is 19.1. The second kappa shape index (κ2) is 11.5. The number of amidine groups is 2. The first kappa shape index (κ1) is 26.1. The maximum Gasteiger partial charge on any atom is 0.259 e. The fraction of sp³-hybridized carbons (Fsp3) is 0.179. The highest BCUT2D eigenvalue weighted by Gasteiger charge is 2.42. The fourth-order valence-corrected chi connectivity index (χ4v) is 4.98.